The Morgan fingerprint density at radius 1 is 1.20 bits per heavy atom. The zero-order valence-corrected chi connectivity index (χ0v) is 16.0. The fraction of sp³-hybridized carbons (Fsp3) is 0.167. The third-order valence-corrected chi connectivity index (χ3v) is 4.43. The number of hydrogen-bond acceptors (Lipinski definition) is 9. The average molecular weight is 436 g/mol. The van der Waals surface area contributed by atoms with Crippen molar-refractivity contribution in [3.8, 4) is 11.4 Å². The number of anilines is 3. The van der Waals surface area contributed by atoms with Crippen molar-refractivity contribution in [2.75, 3.05) is 17.3 Å². The maximum atomic E-state index is 13.0. The minimum absolute atomic E-state index is 0.0343. The van der Waals surface area contributed by atoms with Gasteiger partial charge in [-0.3, -0.25) is 9.59 Å². The van der Waals surface area contributed by atoms with Crippen LogP contribution in [0.25, 0.3) is 11.4 Å². The topological polar surface area (TPSA) is 114 Å². The summed E-state index contributed by atoms with van der Waals surface area (Å²) in [6, 6.07) is 6.64. The Morgan fingerprint density at radius 3 is 2.53 bits per heavy atom. The van der Waals surface area contributed by atoms with E-state index < -0.39 is 22.1 Å². The molecule has 0 saturated carbocycles. The minimum Gasteiger partial charge on any atom is -0.365 e. The van der Waals surface area contributed by atoms with E-state index in [-0.39, 0.29) is 17.2 Å². The molecule has 4 aromatic rings. The van der Waals surface area contributed by atoms with Gasteiger partial charge in [-0.2, -0.15) is 13.8 Å². The highest BCUT2D eigenvalue weighted by molar-refractivity contribution is 6.21. The Kier molecular flexibility index (Phi) is 4.82. The molecule has 0 unspecified atom stereocenters. The lowest BCUT2D eigenvalue weighted by molar-refractivity contribution is 0.0551. The Morgan fingerprint density at radius 2 is 1.93 bits per heavy atom. The molecule has 0 aliphatic heterocycles. The summed E-state index contributed by atoms with van der Waals surface area (Å²) in [5.74, 6) is -1.02. The van der Waals surface area contributed by atoms with Crippen molar-refractivity contribution < 1.29 is 17.8 Å². The van der Waals surface area contributed by atoms with Gasteiger partial charge in [0.05, 0.1) is 11.9 Å². The fourth-order valence-corrected chi connectivity index (χ4v) is 2.92. The number of aromatic nitrogens is 3. The average Bonchev–Trinajstić information content (AvgIpc) is 3.39. The second-order valence-corrected chi connectivity index (χ2v) is 6.87. The highest BCUT2D eigenvalue weighted by Gasteiger charge is 2.35. The molecule has 0 aliphatic carbocycles. The van der Waals surface area contributed by atoms with Crippen molar-refractivity contribution in [1.82, 2.24) is 15.3 Å². The first-order valence-corrected chi connectivity index (χ1v) is 8.83. The Hall–Kier alpha value is -3.60. The predicted molar refractivity (Wildman–Crippen MR) is 103 cm³/mol. The highest BCUT2D eigenvalue weighted by Crippen LogP contribution is 2.32. The monoisotopic (exact) mass is 435 g/mol. The molecule has 0 aliphatic rings. The quantitative estimate of drug-likeness (QED) is 0.345. The standard InChI is InChI=1S/C18H12ClF2N5O4/c1-26(13-12(14(27)15(13)28)23-11-6-22-29-8-11)7-9-2-4-10(5-3-9)16-24-17(30-25-16)18(19,20)21/h2-6,8,23H,7H2,1H3. The molecule has 2 aromatic carbocycles. The molecule has 9 nitrogen and oxygen atoms in total. The van der Waals surface area contributed by atoms with Crippen LogP contribution in [-0.4, -0.2) is 22.3 Å². The molecule has 2 aromatic heterocycles. The Bertz CT molecular complexity index is 1240. The van der Waals surface area contributed by atoms with E-state index in [4.69, 9.17) is 16.1 Å². The fourth-order valence-electron chi connectivity index (χ4n) is 2.84. The molecule has 2 heterocycles. The van der Waals surface area contributed by atoms with Gasteiger partial charge >= 0.3 is 11.3 Å². The zero-order valence-electron chi connectivity index (χ0n) is 15.2. The van der Waals surface area contributed by atoms with Crippen LogP contribution in [0, 0.1) is 0 Å². The SMILES string of the molecule is CN(Cc1ccc(-c2noc(C(F)(F)Cl)n2)cc1)c1c(Nc2cnoc2)c(=O)c1=O. The molecule has 0 atom stereocenters. The molecule has 0 radical (unpaired) electrons. The Balaban J connectivity index is 1.49. The van der Waals surface area contributed by atoms with E-state index in [0.29, 0.717) is 17.8 Å². The summed E-state index contributed by atoms with van der Waals surface area (Å²) in [5.41, 5.74) is 0.842. The molecule has 0 amide bonds. The van der Waals surface area contributed by atoms with Crippen LogP contribution in [0.2, 0.25) is 0 Å². The van der Waals surface area contributed by atoms with Gasteiger partial charge < -0.3 is 19.3 Å². The smallest absolute Gasteiger partial charge is 0.365 e. The van der Waals surface area contributed by atoms with E-state index in [0.717, 1.165) is 5.56 Å². The van der Waals surface area contributed by atoms with Crippen LogP contribution in [0.4, 0.5) is 25.8 Å². The molecule has 12 heteroatoms. The molecule has 0 bridgehead atoms. The van der Waals surface area contributed by atoms with E-state index >= 15 is 0 Å². The summed E-state index contributed by atoms with van der Waals surface area (Å²) in [6.07, 6.45) is 2.69. The van der Waals surface area contributed by atoms with Gasteiger partial charge in [0.15, 0.2) is 0 Å². The van der Waals surface area contributed by atoms with Crippen LogP contribution < -0.4 is 21.1 Å². The number of nitrogens with one attached hydrogen (secondary N) is 1. The number of hydrogen-bond donors (Lipinski definition) is 1. The number of nitrogens with zero attached hydrogens (tertiary/aromatic N) is 4. The van der Waals surface area contributed by atoms with E-state index in [1.165, 1.54) is 12.5 Å². The molecule has 4 rings (SSSR count). The van der Waals surface area contributed by atoms with Crippen LogP contribution in [0.1, 0.15) is 11.5 Å². The summed E-state index contributed by atoms with van der Waals surface area (Å²) in [7, 11) is 1.66. The van der Waals surface area contributed by atoms with Crippen LogP contribution in [0.3, 0.4) is 0 Å². The number of rotatable bonds is 7. The number of alkyl halides is 3. The van der Waals surface area contributed by atoms with E-state index in [1.807, 2.05) is 0 Å². The first-order valence-electron chi connectivity index (χ1n) is 8.45. The molecular formula is C18H12ClF2N5O4. The van der Waals surface area contributed by atoms with Crippen molar-refractivity contribution in [1.29, 1.82) is 0 Å². The summed E-state index contributed by atoms with van der Waals surface area (Å²) in [5, 5.41) is 6.08. The molecule has 1 N–H and O–H groups in total. The van der Waals surface area contributed by atoms with E-state index in [1.54, 1.807) is 36.2 Å². The van der Waals surface area contributed by atoms with Crippen LogP contribution in [0.15, 0.2) is 55.4 Å². The maximum absolute atomic E-state index is 13.0. The van der Waals surface area contributed by atoms with Crippen molar-refractivity contribution in [2.45, 2.75) is 11.9 Å². The van der Waals surface area contributed by atoms with Gasteiger partial charge in [0.25, 0.3) is 10.9 Å². The van der Waals surface area contributed by atoms with Crippen LogP contribution in [0.5, 0.6) is 0 Å². The third kappa shape index (κ3) is 3.66. The Labute approximate surface area is 171 Å². The molecule has 0 spiro atoms. The minimum atomic E-state index is -3.74. The van der Waals surface area contributed by atoms with Gasteiger partial charge in [-0.1, -0.05) is 34.6 Å². The summed E-state index contributed by atoms with van der Waals surface area (Å²) in [4.78, 5) is 29.1. The molecule has 154 valence electrons. The summed E-state index contributed by atoms with van der Waals surface area (Å²) in [6.45, 7) is 0.306. The largest absolute Gasteiger partial charge is 0.400 e. The summed E-state index contributed by atoms with van der Waals surface area (Å²) >= 11 is 4.86. The van der Waals surface area contributed by atoms with Gasteiger partial charge in [0, 0.05) is 19.2 Å². The van der Waals surface area contributed by atoms with Gasteiger partial charge in [0.1, 0.15) is 17.6 Å². The normalized spacial score (nSPS) is 11.7. The van der Waals surface area contributed by atoms with E-state index in [9.17, 15) is 18.4 Å². The van der Waals surface area contributed by atoms with Gasteiger partial charge in [-0.15, -0.1) is 0 Å². The highest BCUT2D eigenvalue weighted by atomic mass is 35.5. The molecular weight excluding hydrogens is 424 g/mol. The lowest BCUT2D eigenvalue weighted by Gasteiger charge is -2.23. The number of halogens is 3. The second-order valence-electron chi connectivity index (χ2n) is 6.39. The lowest BCUT2D eigenvalue weighted by Crippen LogP contribution is -2.40. The first kappa shape index (κ1) is 19.7. The molecule has 0 saturated heterocycles. The predicted octanol–water partition coefficient (Wildman–Crippen LogP) is 2.99. The van der Waals surface area contributed by atoms with Crippen molar-refractivity contribution in [3.05, 3.63) is 68.6 Å². The first-order chi connectivity index (χ1) is 14.2. The zero-order chi connectivity index (χ0) is 21.5. The van der Waals surface area contributed by atoms with Crippen molar-refractivity contribution in [2.24, 2.45) is 0 Å². The number of benzene rings is 1. The van der Waals surface area contributed by atoms with E-state index in [2.05, 4.69) is 25.1 Å². The van der Waals surface area contributed by atoms with Crippen molar-refractivity contribution in [3.63, 3.8) is 0 Å². The van der Waals surface area contributed by atoms with Crippen molar-refractivity contribution >= 4 is 28.7 Å². The molecule has 0 fully saturated rings. The van der Waals surface area contributed by atoms with Crippen LogP contribution >= 0.6 is 11.6 Å². The summed E-state index contributed by atoms with van der Waals surface area (Å²) < 4.78 is 35.2. The van der Waals surface area contributed by atoms with Gasteiger partial charge in [-0.25, -0.2) is 0 Å². The van der Waals surface area contributed by atoms with Gasteiger partial charge in [-0.05, 0) is 17.2 Å². The third-order valence-electron chi connectivity index (χ3n) is 4.27. The van der Waals surface area contributed by atoms with Gasteiger partial charge in [0.2, 0.25) is 5.82 Å². The lowest BCUT2D eigenvalue weighted by atomic mass is 10.1. The second kappa shape index (κ2) is 7.34. The van der Waals surface area contributed by atoms with Crippen LogP contribution in [-0.2, 0) is 11.9 Å². The molecule has 30 heavy (non-hydrogen) atoms. The maximum Gasteiger partial charge on any atom is 0.400 e.